The first-order valence-corrected chi connectivity index (χ1v) is 7.38. The Morgan fingerprint density at radius 1 is 1.25 bits per heavy atom. The fourth-order valence-corrected chi connectivity index (χ4v) is 3.48. The van der Waals surface area contributed by atoms with Gasteiger partial charge in [0.1, 0.15) is 0 Å². The van der Waals surface area contributed by atoms with E-state index in [4.69, 9.17) is 0 Å². The Hall–Kier alpha value is -1.39. The van der Waals surface area contributed by atoms with Crippen molar-refractivity contribution in [3.05, 3.63) is 35.4 Å². The lowest BCUT2D eigenvalue weighted by molar-refractivity contribution is -0.140. The Kier molecular flexibility index (Phi) is 3.76. The minimum Gasteiger partial charge on any atom is -0.481 e. The summed E-state index contributed by atoms with van der Waals surface area (Å²) in [6.07, 6.45) is 2.29. The van der Waals surface area contributed by atoms with E-state index >= 15 is 0 Å². The van der Waals surface area contributed by atoms with Crippen molar-refractivity contribution in [1.29, 1.82) is 0 Å². The predicted molar refractivity (Wildman–Crippen MR) is 77.7 cm³/mol. The first kappa shape index (κ1) is 13.6. The first-order chi connectivity index (χ1) is 9.65. The molecule has 0 amide bonds. The van der Waals surface area contributed by atoms with E-state index in [9.17, 15) is 9.90 Å². The molecule has 0 spiro atoms. The SMILES string of the molecule is CN1CCC(N2Cc3ccccc3C(C(=O)O)C2)CC1. The summed E-state index contributed by atoms with van der Waals surface area (Å²) in [5.41, 5.74) is 2.19. The van der Waals surface area contributed by atoms with Crippen LogP contribution in [-0.2, 0) is 11.3 Å². The Bertz CT molecular complexity index is 495. The molecule has 0 aromatic heterocycles. The van der Waals surface area contributed by atoms with Crippen molar-refractivity contribution in [2.24, 2.45) is 0 Å². The van der Waals surface area contributed by atoms with E-state index in [1.807, 2.05) is 18.2 Å². The van der Waals surface area contributed by atoms with Crippen LogP contribution in [0, 0.1) is 0 Å². The molecular formula is C16H22N2O2. The van der Waals surface area contributed by atoms with Gasteiger partial charge in [-0.05, 0) is 44.1 Å². The van der Waals surface area contributed by atoms with Crippen LogP contribution in [0.2, 0.25) is 0 Å². The number of carboxylic acid groups (broad SMARTS) is 1. The van der Waals surface area contributed by atoms with Gasteiger partial charge in [-0.1, -0.05) is 24.3 Å². The molecule has 0 saturated carbocycles. The zero-order valence-corrected chi connectivity index (χ0v) is 12.0. The van der Waals surface area contributed by atoms with Crippen molar-refractivity contribution in [3.63, 3.8) is 0 Å². The second kappa shape index (κ2) is 5.54. The molecule has 1 fully saturated rings. The van der Waals surface area contributed by atoms with E-state index in [0.29, 0.717) is 12.6 Å². The van der Waals surface area contributed by atoms with Gasteiger partial charge in [0.15, 0.2) is 0 Å². The molecule has 2 heterocycles. The summed E-state index contributed by atoms with van der Waals surface area (Å²) in [5.74, 6) is -1.07. The summed E-state index contributed by atoms with van der Waals surface area (Å²) < 4.78 is 0. The summed E-state index contributed by atoms with van der Waals surface area (Å²) in [4.78, 5) is 16.3. The van der Waals surface area contributed by atoms with Gasteiger partial charge in [0.2, 0.25) is 0 Å². The monoisotopic (exact) mass is 274 g/mol. The largest absolute Gasteiger partial charge is 0.481 e. The predicted octanol–water partition coefficient (Wildman–Crippen LogP) is 1.76. The number of rotatable bonds is 2. The van der Waals surface area contributed by atoms with E-state index in [-0.39, 0.29) is 5.92 Å². The van der Waals surface area contributed by atoms with Crippen LogP contribution in [0.5, 0.6) is 0 Å². The molecule has 1 aromatic rings. The summed E-state index contributed by atoms with van der Waals surface area (Å²) >= 11 is 0. The number of benzene rings is 1. The minimum atomic E-state index is -0.699. The molecule has 4 heteroatoms. The molecule has 1 atom stereocenters. The van der Waals surface area contributed by atoms with Gasteiger partial charge in [-0.2, -0.15) is 0 Å². The lowest BCUT2D eigenvalue weighted by Gasteiger charge is -2.41. The highest BCUT2D eigenvalue weighted by Gasteiger charge is 2.34. The van der Waals surface area contributed by atoms with Gasteiger partial charge in [0.25, 0.3) is 0 Å². The number of hydrogen-bond donors (Lipinski definition) is 1. The van der Waals surface area contributed by atoms with E-state index in [2.05, 4.69) is 22.9 Å². The number of piperidine rings is 1. The van der Waals surface area contributed by atoms with Crippen molar-refractivity contribution in [2.75, 3.05) is 26.7 Å². The first-order valence-electron chi connectivity index (χ1n) is 7.38. The molecule has 2 aliphatic rings. The number of likely N-dealkylation sites (tertiary alicyclic amines) is 1. The molecule has 2 aliphatic heterocycles. The van der Waals surface area contributed by atoms with Gasteiger partial charge in [0, 0.05) is 19.1 Å². The maximum Gasteiger partial charge on any atom is 0.312 e. The number of hydrogen-bond acceptors (Lipinski definition) is 3. The summed E-state index contributed by atoms with van der Waals surface area (Å²) in [6, 6.07) is 8.53. The van der Waals surface area contributed by atoms with E-state index < -0.39 is 5.97 Å². The van der Waals surface area contributed by atoms with Crippen LogP contribution in [-0.4, -0.2) is 53.6 Å². The van der Waals surface area contributed by atoms with Crippen LogP contribution in [0.15, 0.2) is 24.3 Å². The maximum atomic E-state index is 11.6. The third kappa shape index (κ3) is 2.58. The van der Waals surface area contributed by atoms with E-state index in [1.54, 1.807) is 0 Å². The Balaban J connectivity index is 1.81. The Labute approximate surface area is 120 Å². The van der Waals surface area contributed by atoms with Gasteiger partial charge < -0.3 is 10.0 Å². The third-order valence-corrected chi connectivity index (χ3v) is 4.72. The summed E-state index contributed by atoms with van der Waals surface area (Å²) in [5, 5.41) is 9.51. The topological polar surface area (TPSA) is 43.8 Å². The molecule has 1 saturated heterocycles. The normalized spacial score (nSPS) is 25.4. The van der Waals surface area contributed by atoms with Gasteiger partial charge in [-0.15, -0.1) is 0 Å². The highest BCUT2D eigenvalue weighted by Crippen LogP contribution is 2.31. The minimum absolute atomic E-state index is 0.375. The smallest absolute Gasteiger partial charge is 0.312 e. The lowest BCUT2D eigenvalue weighted by Crippen LogP contribution is -2.47. The van der Waals surface area contributed by atoms with Crippen molar-refractivity contribution >= 4 is 5.97 Å². The second-order valence-electron chi connectivity index (χ2n) is 6.05. The van der Waals surface area contributed by atoms with Crippen LogP contribution in [0.25, 0.3) is 0 Å². The molecule has 108 valence electrons. The van der Waals surface area contributed by atoms with Crippen LogP contribution < -0.4 is 0 Å². The second-order valence-corrected chi connectivity index (χ2v) is 6.05. The number of carboxylic acids is 1. The van der Waals surface area contributed by atoms with Crippen molar-refractivity contribution in [2.45, 2.75) is 31.3 Å². The molecule has 0 bridgehead atoms. The quantitative estimate of drug-likeness (QED) is 0.892. The molecule has 0 radical (unpaired) electrons. The van der Waals surface area contributed by atoms with Crippen LogP contribution >= 0.6 is 0 Å². The summed E-state index contributed by atoms with van der Waals surface area (Å²) in [7, 11) is 2.15. The number of carbonyl (C=O) groups is 1. The van der Waals surface area contributed by atoms with Gasteiger partial charge in [-0.25, -0.2) is 0 Å². The van der Waals surface area contributed by atoms with Crippen molar-refractivity contribution in [1.82, 2.24) is 9.80 Å². The van der Waals surface area contributed by atoms with Crippen LogP contribution in [0.4, 0.5) is 0 Å². The third-order valence-electron chi connectivity index (χ3n) is 4.72. The molecule has 20 heavy (non-hydrogen) atoms. The van der Waals surface area contributed by atoms with Crippen LogP contribution in [0.1, 0.15) is 29.9 Å². The van der Waals surface area contributed by atoms with Crippen molar-refractivity contribution < 1.29 is 9.90 Å². The lowest BCUT2D eigenvalue weighted by atomic mass is 9.88. The Morgan fingerprint density at radius 2 is 1.95 bits per heavy atom. The van der Waals surface area contributed by atoms with Gasteiger partial charge >= 0.3 is 5.97 Å². The molecule has 1 aromatic carbocycles. The zero-order valence-electron chi connectivity index (χ0n) is 12.0. The fourth-order valence-electron chi connectivity index (χ4n) is 3.48. The fraction of sp³-hybridized carbons (Fsp3) is 0.562. The van der Waals surface area contributed by atoms with E-state index in [1.165, 1.54) is 5.56 Å². The average molecular weight is 274 g/mol. The van der Waals surface area contributed by atoms with Gasteiger partial charge in [-0.3, -0.25) is 9.69 Å². The highest BCUT2D eigenvalue weighted by molar-refractivity contribution is 5.77. The molecule has 0 aliphatic carbocycles. The molecule has 3 rings (SSSR count). The number of aliphatic carboxylic acids is 1. The molecule has 1 N–H and O–H groups in total. The highest BCUT2D eigenvalue weighted by atomic mass is 16.4. The Morgan fingerprint density at radius 3 is 2.65 bits per heavy atom. The average Bonchev–Trinajstić information content (AvgIpc) is 2.46. The number of nitrogens with zero attached hydrogens (tertiary/aromatic N) is 2. The summed E-state index contributed by atoms with van der Waals surface area (Å²) in [6.45, 7) is 3.77. The zero-order chi connectivity index (χ0) is 14.1. The van der Waals surface area contributed by atoms with Crippen molar-refractivity contribution in [3.8, 4) is 0 Å². The maximum absolute atomic E-state index is 11.6. The van der Waals surface area contributed by atoms with Gasteiger partial charge in [0.05, 0.1) is 5.92 Å². The molecule has 1 unspecified atom stereocenters. The molecule has 4 nitrogen and oxygen atoms in total. The standard InChI is InChI=1S/C16H22N2O2/c1-17-8-6-13(7-9-17)18-10-12-4-2-3-5-14(12)15(11-18)16(19)20/h2-5,13,15H,6-11H2,1H3,(H,19,20). The number of fused-ring (bicyclic) bond motifs is 1. The van der Waals surface area contributed by atoms with E-state index in [0.717, 1.165) is 38.0 Å². The molecular weight excluding hydrogens is 252 g/mol. The van der Waals surface area contributed by atoms with Crippen LogP contribution in [0.3, 0.4) is 0 Å².